The molecule has 2 aromatic carbocycles. The van der Waals surface area contributed by atoms with Crippen LogP contribution in [0.5, 0.6) is 0 Å². The number of alkyl halides is 3. The molecule has 0 saturated heterocycles. The lowest BCUT2D eigenvalue weighted by atomic mass is 10.1. The average Bonchev–Trinajstić information content (AvgIpc) is 2.65. The summed E-state index contributed by atoms with van der Waals surface area (Å²) in [5, 5.41) is 13.5. The summed E-state index contributed by atoms with van der Waals surface area (Å²) in [5.74, 6) is -1.54. The van der Waals surface area contributed by atoms with Gasteiger partial charge in [-0.25, -0.2) is 4.79 Å². The Bertz CT molecular complexity index is 895. The molecule has 2 rings (SSSR count). The van der Waals surface area contributed by atoms with Gasteiger partial charge in [0.15, 0.2) is 0 Å². The van der Waals surface area contributed by atoms with Crippen molar-refractivity contribution >= 4 is 17.6 Å². The van der Waals surface area contributed by atoms with E-state index in [-0.39, 0.29) is 24.3 Å². The Balaban J connectivity index is 2.17. The number of nitro groups is 1. The summed E-state index contributed by atoms with van der Waals surface area (Å²) in [6, 6.07) is 7.31. The zero-order valence-electron chi connectivity index (χ0n) is 14.6. The number of benzene rings is 2. The van der Waals surface area contributed by atoms with Crippen LogP contribution in [0.25, 0.3) is 0 Å². The first-order valence-electron chi connectivity index (χ1n) is 8.02. The predicted molar refractivity (Wildman–Crippen MR) is 91.7 cm³/mol. The second kappa shape index (κ2) is 8.51. The molecule has 2 aromatic rings. The molecular weight excluding hydrogens is 381 g/mol. The highest BCUT2D eigenvalue weighted by Crippen LogP contribution is 2.29. The van der Waals surface area contributed by atoms with Gasteiger partial charge in [-0.15, -0.1) is 0 Å². The SMILES string of the molecule is CCOC(=O)c1cc(C(=O)NCc2ccc(C(F)(F)F)cc2)cc([N+](=O)[O-])c1. The van der Waals surface area contributed by atoms with Crippen molar-refractivity contribution in [2.75, 3.05) is 6.61 Å². The number of hydrogen-bond donors (Lipinski definition) is 1. The molecule has 148 valence electrons. The smallest absolute Gasteiger partial charge is 0.416 e. The van der Waals surface area contributed by atoms with Crippen LogP contribution >= 0.6 is 0 Å². The highest BCUT2D eigenvalue weighted by atomic mass is 19.4. The van der Waals surface area contributed by atoms with E-state index in [1.165, 1.54) is 12.1 Å². The van der Waals surface area contributed by atoms with Crippen molar-refractivity contribution in [3.8, 4) is 0 Å². The van der Waals surface area contributed by atoms with E-state index in [1.807, 2.05) is 0 Å². The van der Waals surface area contributed by atoms with E-state index in [9.17, 15) is 32.9 Å². The molecule has 7 nitrogen and oxygen atoms in total. The number of halogens is 3. The highest BCUT2D eigenvalue weighted by molar-refractivity contribution is 5.99. The average molecular weight is 396 g/mol. The molecule has 0 saturated carbocycles. The summed E-state index contributed by atoms with van der Waals surface area (Å²) in [6.45, 7) is 1.51. The van der Waals surface area contributed by atoms with Crippen LogP contribution in [0.15, 0.2) is 42.5 Å². The van der Waals surface area contributed by atoms with Gasteiger partial charge in [0.05, 0.1) is 22.7 Å². The Morgan fingerprint density at radius 2 is 1.71 bits per heavy atom. The Kier molecular flexibility index (Phi) is 6.34. The molecule has 0 heterocycles. The van der Waals surface area contributed by atoms with Gasteiger partial charge in [0.1, 0.15) is 0 Å². The van der Waals surface area contributed by atoms with Crippen LogP contribution in [0.1, 0.15) is 38.8 Å². The number of rotatable bonds is 6. The maximum atomic E-state index is 12.6. The van der Waals surface area contributed by atoms with E-state index in [1.54, 1.807) is 6.92 Å². The zero-order chi connectivity index (χ0) is 20.9. The Morgan fingerprint density at radius 3 is 2.25 bits per heavy atom. The van der Waals surface area contributed by atoms with Crippen LogP contribution < -0.4 is 5.32 Å². The fourth-order valence-corrected chi connectivity index (χ4v) is 2.28. The first-order valence-corrected chi connectivity index (χ1v) is 8.02. The van der Waals surface area contributed by atoms with Gasteiger partial charge in [0.25, 0.3) is 11.6 Å². The summed E-state index contributed by atoms with van der Waals surface area (Å²) < 4.78 is 42.4. The van der Waals surface area contributed by atoms with Crippen molar-refractivity contribution in [3.63, 3.8) is 0 Å². The van der Waals surface area contributed by atoms with E-state index in [0.717, 1.165) is 30.3 Å². The van der Waals surface area contributed by atoms with Gasteiger partial charge in [-0.05, 0) is 30.7 Å². The van der Waals surface area contributed by atoms with Gasteiger partial charge in [0, 0.05) is 24.2 Å². The molecule has 1 amide bonds. The monoisotopic (exact) mass is 396 g/mol. The quantitative estimate of drug-likeness (QED) is 0.456. The van der Waals surface area contributed by atoms with Gasteiger partial charge in [0.2, 0.25) is 0 Å². The summed E-state index contributed by atoms with van der Waals surface area (Å²) in [7, 11) is 0. The minimum Gasteiger partial charge on any atom is -0.462 e. The zero-order valence-corrected chi connectivity index (χ0v) is 14.6. The van der Waals surface area contributed by atoms with Gasteiger partial charge in [-0.1, -0.05) is 12.1 Å². The van der Waals surface area contributed by atoms with E-state index in [4.69, 9.17) is 4.74 Å². The van der Waals surface area contributed by atoms with E-state index >= 15 is 0 Å². The number of nitro benzene ring substituents is 1. The Labute approximate surface area is 157 Å². The normalized spacial score (nSPS) is 11.0. The number of amides is 1. The van der Waals surface area contributed by atoms with Gasteiger partial charge in [-0.3, -0.25) is 14.9 Å². The molecule has 1 N–H and O–H groups in total. The minimum absolute atomic E-state index is 0.0526. The van der Waals surface area contributed by atoms with Crippen molar-refractivity contribution in [2.24, 2.45) is 0 Å². The molecule has 0 aliphatic carbocycles. The molecular formula is C18H15F3N2O5. The molecule has 0 unspecified atom stereocenters. The predicted octanol–water partition coefficient (Wildman–Crippen LogP) is 3.72. The minimum atomic E-state index is -4.46. The van der Waals surface area contributed by atoms with E-state index in [0.29, 0.717) is 5.56 Å². The summed E-state index contributed by atoms with van der Waals surface area (Å²) in [4.78, 5) is 34.4. The van der Waals surface area contributed by atoms with Crippen molar-refractivity contribution in [1.29, 1.82) is 0 Å². The highest BCUT2D eigenvalue weighted by Gasteiger charge is 2.29. The molecule has 0 atom stereocenters. The molecule has 0 fully saturated rings. The van der Waals surface area contributed by atoms with Gasteiger partial charge < -0.3 is 10.1 Å². The third-order valence-corrected chi connectivity index (χ3v) is 3.64. The summed E-state index contributed by atoms with van der Waals surface area (Å²) >= 11 is 0. The first-order chi connectivity index (χ1) is 13.1. The Morgan fingerprint density at radius 1 is 1.11 bits per heavy atom. The lowest BCUT2D eigenvalue weighted by Crippen LogP contribution is -2.23. The van der Waals surface area contributed by atoms with Crippen LogP contribution in [0.2, 0.25) is 0 Å². The number of esters is 1. The largest absolute Gasteiger partial charge is 0.462 e. The van der Waals surface area contributed by atoms with Gasteiger partial charge in [-0.2, -0.15) is 13.2 Å². The molecule has 0 radical (unpaired) electrons. The second-order valence-electron chi connectivity index (χ2n) is 5.62. The van der Waals surface area contributed by atoms with Crippen molar-refractivity contribution in [3.05, 3.63) is 74.8 Å². The van der Waals surface area contributed by atoms with Crippen molar-refractivity contribution < 1.29 is 32.4 Å². The number of nitrogens with zero attached hydrogens (tertiary/aromatic N) is 1. The van der Waals surface area contributed by atoms with Crippen LogP contribution in [-0.4, -0.2) is 23.4 Å². The first kappa shape index (κ1) is 20.9. The third-order valence-electron chi connectivity index (χ3n) is 3.64. The second-order valence-corrected chi connectivity index (χ2v) is 5.62. The van der Waals surface area contributed by atoms with Crippen molar-refractivity contribution in [1.82, 2.24) is 5.32 Å². The summed E-state index contributed by atoms with van der Waals surface area (Å²) in [5.41, 5.74) is -1.19. The van der Waals surface area contributed by atoms with Crippen molar-refractivity contribution in [2.45, 2.75) is 19.6 Å². The molecule has 28 heavy (non-hydrogen) atoms. The fourth-order valence-electron chi connectivity index (χ4n) is 2.28. The maximum absolute atomic E-state index is 12.6. The third kappa shape index (κ3) is 5.29. The molecule has 0 aliphatic rings. The number of hydrogen-bond acceptors (Lipinski definition) is 5. The van der Waals surface area contributed by atoms with E-state index < -0.39 is 34.2 Å². The lowest BCUT2D eigenvalue weighted by molar-refractivity contribution is -0.384. The summed E-state index contributed by atoms with van der Waals surface area (Å²) in [6.07, 6.45) is -4.46. The molecule has 0 aliphatic heterocycles. The van der Waals surface area contributed by atoms with Gasteiger partial charge >= 0.3 is 12.1 Å². The van der Waals surface area contributed by atoms with Crippen LogP contribution in [0.4, 0.5) is 18.9 Å². The van der Waals surface area contributed by atoms with Crippen LogP contribution in [0, 0.1) is 10.1 Å². The maximum Gasteiger partial charge on any atom is 0.416 e. The molecule has 0 spiro atoms. The number of nitrogens with one attached hydrogen (secondary N) is 1. The topological polar surface area (TPSA) is 98.5 Å². The fraction of sp³-hybridized carbons (Fsp3) is 0.222. The number of carbonyl (C=O) groups is 2. The lowest BCUT2D eigenvalue weighted by Gasteiger charge is -2.09. The van der Waals surface area contributed by atoms with Crippen LogP contribution in [-0.2, 0) is 17.5 Å². The number of carbonyl (C=O) groups excluding carboxylic acids is 2. The Hall–Kier alpha value is -3.43. The number of ether oxygens (including phenoxy) is 1. The standard InChI is InChI=1S/C18H15F3N2O5/c1-2-28-17(25)13-7-12(8-15(9-13)23(26)27)16(24)22-10-11-3-5-14(6-4-11)18(19,20)21/h3-9H,2,10H2,1H3,(H,22,24). The van der Waals surface area contributed by atoms with E-state index in [2.05, 4.69) is 5.32 Å². The molecule has 10 heteroatoms. The number of non-ortho nitro benzene ring substituents is 1. The van der Waals surface area contributed by atoms with Crippen LogP contribution in [0.3, 0.4) is 0 Å². The molecule has 0 aromatic heterocycles. The molecule has 0 bridgehead atoms.